The highest BCUT2D eigenvalue weighted by Gasteiger charge is 2.53. The number of carbonyl (C=O) groups excluding carboxylic acids is 1. The number of hydrogen-bond donors (Lipinski definition) is 3. The number of nitrogens with zero attached hydrogens (tertiary/aromatic N) is 2. The van der Waals surface area contributed by atoms with Gasteiger partial charge in [-0.05, 0) is 43.4 Å². The molecule has 21 heavy (non-hydrogen) atoms. The van der Waals surface area contributed by atoms with E-state index in [0.717, 1.165) is 42.5 Å². The van der Waals surface area contributed by atoms with Gasteiger partial charge >= 0.3 is 0 Å². The molecule has 2 fully saturated rings. The first-order valence-electron chi connectivity index (χ1n) is 7.19. The first kappa shape index (κ1) is 12.5. The molecule has 2 aromatic rings. The van der Waals surface area contributed by atoms with Crippen LogP contribution in [0.2, 0.25) is 0 Å². The van der Waals surface area contributed by atoms with Gasteiger partial charge in [0.25, 0.3) is 0 Å². The molecule has 2 saturated carbocycles. The van der Waals surface area contributed by atoms with Crippen LogP contribution in [0.5, 0.6) is 0 Å². The summed E-state index contributed by atoms with van der Waals surface area (Å²) in [7, 11) is 0. The van der Waals surface area contributed by atoms with E-state index < -0.39 is 5.54 Å². The van der Waals surface area contributed by atoms with Crippen molar-refractivity contribution < 1.29 is 4.79 Å². The Bertz CT molecular complexity index is 686. The van der Waals surface area contributed by atoms with Crippen molar-refractivity contribution in [2.45, 2.75) is 36.8 Å². The van der Waals surface area contributed by atoms with Crippen molar-refractivity contribution in [3.63, 3.8) is 0 Å². The summed E-state index contributed by atoms with van der Waals surface area (Å²) in [5, 5.41) is 9.88. The molecule has 4 rings (SSSR count). The zero-order valence-electron chi connectivity index (χ0n) is 11.6. The fourth-order valence-electron chi connectivity index (χ4n) is 2.55. The maximum atomic E-state index is 12.2. The van der Waals surface area contributed by atoms with Crippen molar-refractivity contribution in [2.24, 2.45) is 5.73 Å². The number of amides is 1. The Balaban J connectivity index is 1.61. The topological polar surface area (TPSA) is 96.7 Å². The lowest BCUT2D eigenvalue weighted by Gasteiger charge is -2.20. The summed E-state index contributed by atoms with van der Waals surface area (Å²) in [6.45, 7) is 0. The van der Waals surface area contributed by atoms with E-state index in [-0.39, 0.29) is 11.4 Å². The summed E-state index contributed by atoms with van der Waals surface area (Å²) in [5.41, 5.74) is 7.96. The number of aromatic nitrogens is 3. The van der Waals surface area contributed by atoms with E-state index in [0.29, 0.717) is 0 Å². The van der Waals surface area contributed by atoms with Crippen molar-refractivity contribution in [3.8, 4) is 11.1 Å². The second-order valence-corrected chi connectivity index (χ2v) is 6.11. The largest absolute Gasteiger partial charge is 0.343 e. The molecule has 0 spiro atoms. The van der Waals surface area contributed by atoms with Crippen molar-refractivity contribution in [2.75, 3.05) is 0 Å². The molecule has 4 N–H and O–H groups in total. The smallest absolute Gasteiger partial charge is 0.240 e. The summed E-state index contributed by atoms with van der Waals surface area (Å²) in [6, 6.07) is 3.96. The van der Waals surface area contributed by atoms with Gasteiger partial charge in [0.1, 0.15) is 0 Å². The third-order valence-electron chi connectivity index (χ3n) is 4.43. The van der Waals surface area contributed by atoms with Crippen molar-refractivity contribution in [1.29, 1.82) is 0 Å². The van der Waals surface area contributed by atoms with Crippen molar-refractivity contribution >= 4 is 5.91 Å². The second kappa shape index (κ2) is 4.14. The van der Waals surface area contributed by atoms with Crippen LogP contribution in [0.15, 0.2) is 30.7 Å². The first-order valence-corrected chi connectivity index (χ1v) is 7.19. The maximum Gasteiger partial charge on any atom is 0.240 e. The van der Waals surface area contributed by atoms with Gasteiger partial charge in [0.15, 0.2) is 0 Å². The molecule has 0 aromatic carbocycles. The van der Waals surface area contributed by atoms with E-state index in [4.69, 9.17) is 5.73 Å². The van der Waals surface area contributed by atoms with Gasteiger partial charge in [-0.15, -0.1) is 0 Å². The third-order valence-corrected chi connectivity index (χ3v) is 4.43. The standard InChI is InChI=1S/C15H17N5O/c16-14(2-3-14)13(21)20-15(4-5-15)12-7-10(1-6-17-12)11-8-18-19-9-11/h1,6-9H,2-5,16H2,(H,18,19)(H,20,21). The molecule has 0 atom stereocenters. The molecular weight excluding hydrogens is 266 g/mol. The van der Waals surface area contributed by atoms with Crippen LogP contribution in [-0.2, 0) is 10.3 Å². The number of aromatic amines is 1. The molecule has 1 amide bonds. The Labute approximate surface area is 122 Å². The summed E-state index contributed by atoms with van der Waals surface area (Å²) >= 11 is 0. The van der Waals surface area contributed by atoms with Crippen molar-refractivity contribution in [1.82, 2.24) is 20.5 Å². The number of pyridine rings is 1. The van der Waals surface area contributed by atoms with Crippen LogP contribution in [0, 0.1) is 0 Å². The lowest BCUT2D eigenvalue weighted by atomic mass is 10.1. The minimum atomic E-state index is -0.641. The van der Waals surface area contributed by atoms with Crippen LogP contribution >= 0.6 is 0 Å². The summed E-state index contributed by atoms with van der Waals surface area (Å²) in [6.07, 6.45) is 8.77. The monoisotopic (exact) mass is 283 g/mol. The fourth-order valence-corrected chi connectivity index (χ4v) is 2.55. The molecule has 0 unspecified atom stereocenters. The summed E-state index contributed by atoms with van der Waals surface area (Å²) in [4.78, 5) is 16.6. The van der Waals surface area contributed by atoms with Gasteiger partial charge in [0, 0.05) is 18.0 Å². The summed E-state index contributed by atoms with van der Waals surface area (Å²) in [5.74, 6) is -0.0458. The molecule has 108 valence electrons. The number of nitrogens with one attached hydrogen (secondary N) is 2. The number of carbonyl (C=O) groups is 1. The molecule has 0 aliphatic heterocycles. The molecule has 2 heterocycles. The van der Waals surface area contributed by atoms with Crippen LogP contribution in [0.4, 0.5) is 0 Å². The van der Waals surface area contributed by atoms with Crippen molar-refractivity contribution in [3.05, 3.63) is 36.4 Å². The maximum absolute atomic E-state index is 12.2. The number of rotatable bonds is 4. The van der Waals surface area contributed by atoms with Gasteiger partial charge in [0.2, 0.25) is 5.91 Å². The normalized spacial score (nSPS) is 20.8. The minimum Gasteiger partial charge on any atom is -0.343 e. The second-order valence-electron chi connectivity index (χ2n) is 6.11. The van der Waals surface area contributed by atoms with Gasteiger partial charge in [-0.1, -0.05) is 0 Å². The highest BCUT2D eigenvalue weighted by molar-refractivity contribution is 5.90. The Kier molecular flexibility index (Phi) is 2.47. The van der Waals surface area contributed by atoms with E-state index in [1.54, 1.807) is 12.4 Å². The molecule has 0 saturated heterocycles. The minimum absolute atomic E-state index is 0.0458. The Hall–Kier alpha value is -2.21. The molecule has 6 heteroatoms. The van der Waals surface area contributed by atoms with Crippen LogP contribution in [-0.4, -0.2) is 26.6 Å². The first-order chi connectivity index (χ1) is 10.1. The Morgan fingerprint density at radius 2 is 2.10 bits per heavy atom. The van der Waals surface area contributed by atoms with Crippen LogP contribution in [0.25, 0.3) is 11.1 Å². The average Bonchev–Trinajstić information content (AvgIpc) is 3.38. The molecule has 2 aromatic heterocycles. The molecule has 2 aliphatic carbocycles. The predicted molar refractivity (Wildman–Crippen MR) is 77.0 cm³/mol. The molecule has 0 radical (unpaired) electrons. The van der Waals surface area contributed by atoms with Crippen LogP contribution < -0.4 is 11.1 Å². The van der Waals surface area contributed by atoms with E-state index in [1.165, 1.54) is 0 Å². The number of H-pyrrole nitrogens is 1. The van der Waals surface area contributed by atoms with Gasteiger partial charge in [-0.25, -0.2) is 0 Å². The average molecular weight is 283 g/mol. The van der Waals surface area contributed by atoms with Gasteiger partial charge < -0.3 is 11.1 Å². The zero-order valence-corrected chi connectivity index (χ0v) is 11.6. The lowest BCUT2D eigenvalue weighted by Crippen LogP contribution is -2.47. The number of nitrogens with two attached hydrogens (primary N) is 1. The highest BCUT2D eigenvalue weighted by Crippen LogP contribution is 2.46. The lowest BCUT2D eigenvalue weighted by molar-refractivity contribution is -0.124. The van der Waals surface area contributed by atoms with Gasteiger partial charge in [0.05, 0.1) is 23.0 Å². The summed E-state index contributed by atoms with van der Waals surface area (Å²) < 4.78 is 0. The highest BCUT2D eigenvalue weighted by atomic mass is 16.2. The SMILES string of the molecule is NC1(C(=O)NC2(c3cc(-c4cn[nH]c4)ccn3)CC2)CC1. The van der Waals surface area contributed by atoms with Gasteiger partial charge in [-0.3, -0.25) is 14.9 Å². The Morgan fingerprint density at radius 1 is 1.29 bits per heavy atom. The molecule has 2 aliphatic rings. The predicted octanol–water partition coefficient (Wildman–Crippen LogP) is 1.07. The van der Waals surface area contributed by atoms with E-state index >= 15 is 0 Å². The van der Waals surface area contributed by atoms with Gasteiger partial charge in [-0.2, -0.15) is 5.10 Å². The van der Waals surface area contributed by atoms with Crippen LogP contribution in [0.1, 0.15) is 31.4 Å². The molecule has 0 bridgehead atoms. The quantitative estimate of drug-likeness (QED) is 0.782. The van der Waals surface area contributed by atoms with E-state index in [9.17, 15) is 4.79 Å². The number of hydrogen-bond acceptors (Lipinski definition) is 4. The van der Waals surface area contributed by atoms with Crippen LogP contribution in [0.3, 0.4) is 0 Å². The zero-order chi connectivity index (χ0) is 14.5. The molecular formula is C15H17N5O. The molecule has 6 nitrogen and oxygen atoms in total. The fraction of sp³-hybridized carbons (Fsp3) is 0.400. The van der Waals surface area contributed by atoms with E-state index in [1.807, 2.05) is 18.3 Å². The third kappa shape index (κ3) is 2.12. The Morgan fingerprint density at radius 3 is 2.71 bits per heavy atom. The van der Waals surface area contributed by atoms with E-state index in [2.05, 4.69) is 20.5 Å².